The summed E-state index contributed by atoms with van der Waals surface area (Å²) in [6, 6.07) is 3.44. The van der Waals surface area contributed by atoms with Crippen LogP contribution in [0.15, 0.2) is 24.5 Å². The number of carbonyl (C=O) groups is 1. The Hall–Kier alpha value is -2.17. The van der Waals surface area contributed by atoms with E-state index >= 15 is 0 Å². The first-order valence-corrected chi connectivity index (χ1v) is 7.62. The number of hydrogen-bond acceptors (Lipinski definition) is 3. The van der Waals surface area contributed by atoms with E-state index in [1.807, 2.05) is 24.7 Å². The van der Waals surface area contributed by atoms with Crippen LogP contribution in [-0.2, 0) is 4.74 Å². The summed E-state index contributed by atoms with van der Waals surface area (Å²) in [5.41, 5.74) is 2.47. The minimum Gasteiger partial charge on any atom is -0.462 e. The average molecular weight is 302 g/mol. The second-order valence-electron chi connectivity index (χ2n) is 5.72. The lowest BCUT2D eigenvalue weighted by molar-refractivity contribution is 0.0500. The second kappa shape index (κ2) is 5.91. The van der Waals surface area contributed by atoms with Gasteiger partial charge in [0.25, 0.3) is 0 Å². The van der Waals surface area contributed by atoms with Gasteiger partial charge in [0, 0.05) is 11.8 Å². The number of ether oxygens (including phenoxy) is 1. The zero-order chi connectivity index (χ0) is 15.7. The monoisotopic (exact) mass is 302 g/mol. The summed E-state index contributed by atoms with van der Waals surface area (Å²) in [5.74, 6) is -1.16. The first-order chi connectivity index (χ1) is 10.6. The third kappa shape index (κ3) is 2.89. The number of esters is 1. The Kier molecular flexibility index (Phi) is 3.96. The van der Waals surface area contributed by atoms with Crippen molar-refractivity contribution < 1.29 is 13.9 Å². The van der Waals surface area contributed by atoms with Crippen LogP contribution in [0.4, 0.5) is 4.39 Å². The molecule has 1 aliphatic rings. The highest BCUT2D eigenvalue weighted by atomic mass is 19.1. The molecule has 1 saturated carbocycles. The van der Waals surface area contributed by atoms with E-state index in [9.17, 15) is 9.18 Å². The predicted molar refractivity (Wildman–Crippen MR) is 81.2 cm³/mol. The number of rotatable bonds is 5. The van der Waals surface area contributed by atoms with Crippen molar-refractivity contribution in [3.05, 3.63) is 41.5 Å². The molecule has 0 bridgehead atoms. The Bertz CT molecular complexity index is 705. The fourth-order valence-electron chi connectivity index (χ4n) is 2.43. The Labute approximate surface area is 128 Å². The van der Waals surface area contributed by atoms with E-state index in [1.165, 1.54) is 6.07 Å². The van der Waals surface area contributed by atoms with Crippen molar-refractivity contribution in [1.82, 2.24) is 9.78 Å². The van der Waals surface area contributed by atoms with E-state index < -0.39 is 11.8 Å². The van der Waals surface area contributed by atoms with E-state index in [-0.39, 0.29) is 5.56 Å². The first-order valence-electron chi connectivity index (χ1n) is 7.62. The SMILES string of the molecule is CCCOC(=O)c1cc(-c2cnn(C3CC3)c2)c(C)cc1F. The lowest BCUT2D eigenvalue weighted by Crippen LogP contribution is -2.09. The van der Waals surface area contributed by atoms with Gasteiger partial charge in [-0.15, -0.1) is 0 Å². The van der Waals surface area contributed by atoms with Crippen molar-refractivity contribution in [3.8, 4) is 11.1 Å². The molecule has 1 fully saturated rings. The fraction of sp³-hybridized carbons (Fsp3) is 0.412. The molecule has 0 spiro atoms. The highest BCUT2D eigenvalue weighted by molar-refractivity contribution is 5.91. The van der Waals surface area contributed by atoms with Crippen LogP contribution in [0.2, 0.25) is 0 Å². The Balaban J connectivity index is 1.94. The van der Waals surface area contributed by atoms with Gasteiger partial charge in [0.15, 0.2) is 0 Å². The van der Waals surface area contributed by atoms with E-state index in [4.69, 9.17) is 4.74 Å². The van der Waals surface area contributed by atoms with Gasteiger partial charge in [0.05, 0.1) is 24.4 Å². The van der Waals surface area contributed by atoms with Crippen LogP contribution >= 0.6 is 0 Å². The Morgan fingerprint density at radius 1 is 1.45 bits per heavy atom. The Morgan fingerprint density at radius 2 is 2.23 bits per heavy atom. The second-order valence-corrected chi connectivity index (χ2v) is 5.72. The Morgan fingerprint density at radius 3 is 2.91 bits per heavy atom. The standard InChI is InChI=1S/C17H19FN2O2/c1-3-6-22-17(21)15-8-14(11(2)7-16(15)18)12-9-19-20(10-12)13-4-5-13/h7-10,13H,3-6H2,1-2H3. The van der Waals surface area contributed by atoms with Gasteiger partial charge in [-0.05, 0) is 49.4 Å². The molecule has 0 radical (unpaired) electrons. The third-order valence-electron chi connectivity index (χ3n) is 3.80. The van der Waals surface area contributed by atoms with Crippen LogP contribution in [0.25, 0.3) is 11.1 Å². The van der Waals surface area contributed by atoms with Gasteiger partial charge >= 0.3 is 5.97 Å². The summed E-state index contributed by atoms with van der Waals surface area (Å²) < 4.78 is 21.0. The molecule has 0 saturated heterocycles. The summed E-state index contributed by atoms with van der Waals surface area (Å²) in [7, 11) is 0. The molecule has 2 aromatic rings. The van der Waals surface area contributed by atoms with Crippen molar-refractivity contribution in [3.63, 3.8) is 0 Å². The topological polar surface area (TPSA) is 44.1 Å². The molecule has 5 heteroatoms. The van der Waals surface area contributed by atoms with Gasteiger partial charge in [-0.25, -0.2) is 9.18 Å². The highest BCUT2D eigenvalue weighted by Gasteiger charge is 2.25. The van der Waals surface area contributed by atoms with Crippen molar-refractivity contribution in [2.75, 3.05) is 6.61 Å². The van der Waals surface area contributed by atoms with Crippen LogP contribution in [0, 0.1) is 12.7 Å². The van der Waals surface area contributed by atoms with Crippen LogP contribution in [-0.4, -0.2) is 22.4 Å². The normalized spacial score (nSPS) is 14.1. The molecular formula is C17H19FN2O2. The first kappa shape index (κ1) is 14.8. The quantitative estimate of drug-likeness (QED) is 0.787. The maximum Gasteiger partial charge on any atom is 0.341 e. The maximum atomic E-state index is 14.0. The van der Waals surface area contributed by atoms with Crippen LogP contribution in [0.5, 0.6) is 0 Å². The molecule has 0 unspecified atom stereocenters. The van der Waals surface area contributed by atoms with Gasteiger partial charge in [-0.1, -0.05) is 6.92 Å². The number of aryl methyl sites for hydroxylation is 1. The van der Waals surface area contributed by atoms with Crippen molar-refractivity contribution in [1.29, 1.82) is 0 Å². The number of aromatic nitrogens is 2. The summed E-state index contributed by atoms with van der Waals surface area (Å²) >= 11 is 0. The molecule has 0 atom stereocenters. The van der Waals surface area contributed by atoms with Gasteiger partial charge < -0.3 is 4.74 Å². The van der Waals surface area contributed by atoms with Crippen molar-refractivity contribution in [2.24, 2.45) is 0 Å². The van der Waals surface area contributed by atoms with E-state index in [0.717, 1.165) is 29.5 Å². The minimum atomic E-state index is -0.616. The molecule has 1 aliphatic carbocycles. The van der Waals surface area contributed by atoms with Crippen molar-refractivity contribution in [2.45, 2.75) is 39.2 Å². The summed E-state index contributed by atoms with van der Waals surface area (Å²) in [6.07, 6.45) is 6.73. The van der Waals surface area contributed by atoms with E-state index in [2.05, 4.69) is 5.10 Å². The number of benzene rings is 1. The largest absolute Gasteiger partial charge is 0.462 e. The van der Waals surface area contributed by atoms with Crippen LogP contribution in [0.1, 0.15) is 48.1 Å². The van der Waals surface area contributed by atoms with Crippen LogP contribution < -0.4 is 0 Å². The van der Waals surface area contributed by atoms with Crippen molar-refractivity contribution >= 4 is 5.97 Å². The van der Waals surface area contributed by atoms with Gasteiger partial charge in [-0.2, -0.15) is 5.10 Å². The molecule has 1 aromatic heterocycles. The molecule has 4 nitrogen and oxygen atoms in total. The van der Waals surface area contributed by atoms with Gasteiger partial charge in [0.1, 0.15) is 5.82 Å². The van der Waals surface area contributed by atoms with Gasteiger partial charge in [-0.3, -0.25) is 4.68 Å². The molecule has 0 N–H and O–H groups in total. The number of carbonyl (C=O) groups excluding carboxylic acids is 1. The smallest absolute Gasteiger partial charge is 0.341 e. The third-order valence-corrected chi connectivity index (χ3v) is 3.80. The number of nitrogens with zero attached hydrogens (tertiary/aromatic N) is 2. The van der Waals surface area contributed by atoms with E-state index in [1.54, 1.807) is 12.3 Å². The minimum absolute atomic E-state index is 0.0202. The fourth-order valence-corrected chi connectivity index (χ4v) is 2.43. The molecule has 0 aliphatic heterocycles. The zero-order valence-corrected chi connectivity index (χ0v) is 12.8. The molecule has 1 heterocycles. The molecular weight excluding hydrogens is 283 g/mol. The lowest BCUT2D eigenvalue weighted by Gasteiger charge is -2.09. The molecule has 0 amide bonds. The lowest BCUT2D eigenvalue weighted by atomic mass is 10.00. The maximum absolute atomic E-state index is 14.0. The molecule has 22 heavy (non-hydrogen) atoms. The van der Waals surface area contributed by atoms with E-state index in [0.29, 0.717) is 19.1 Å². The number of halogens is 1. The zero-order valence-electron chi connectivity index (χ0n) is 12.8. The summed E-state index contributed by atoms with van der Waals surface area (Å²) in [5, 5.41) is 4.35. The van der Waals surface area contributed by atoms with Gasteiger partial charge in [0.2, 0.25) is 0 Å². The molecule has 3 rings (SSSR count). The van der Waals surface area contributed by atoms with Crippen LogP contribution in [0.3, 0.4) is 0 Å². The molecule has 1 aromatic carbocycles. The predicted octanol–water partition coefficient (Wildman–Crippen LogP) is 3.90. The number of hydrogen-bond donors (Lipinski definition) is 0. The summed E-state index contributed by atoms with van der Waals surface area (Å²) in [4.78, 5) is 12.0. The highest BCUT2D eigenvalue weighted by Crippen LogP contribution is 2.36. The molecule has 116 valence electrons. The average Bonchev–Trinajstić information content (AvgIpc) is 3.23. The summed E-state index contributed by atoms with van der Waals surface area (Å²) in [6.45, 7) is 4.02.